The molecule has 70 heavy (non-hydrogen) atoms. The Morgan fingerprint density at radius 2 is 0.500 bits per heavy atom. The molecule has 0 amide bonds. The summed E-state index contributed by atoms with van der Waals surface area (Å²) in [4.78, 5) is 52.5. The molecule has 4 nitrogen and oxygen atoms in total. The Labute approximate surface area is 438 Å². The molecule has 0 fully saturated rings. The number of hydrogen-bond acceptors (Lipinski definition) is 4. The van der Waals surface area contributed by atoms with Gasteiger partial charge in [-0.15, -0.1) is 0 Å². The number of allylic oxidation sites excluding steroid dienone is 2. The van der Waals surface area contributed by atoms with Gasteiger partial charge < -0.3 is 0 Å². The van der Waals surface area contributed by atoms with Crippen LogP contribution in [0.15, 0.2) is 12.2 Å². The molecule has 4 heteroatoms. The Kier molecular flexibility index (Phi) is 55.4. The van der Waals surface area contributed by atoms with Crippen molar-refractivity contribution in [3.63, 3.8) is 0 Å². The molecule has 0 rings (SSSR count). The summed E-state index contributed by atoms with van der Waals surface area (Å²) < 4.78 is 0. The highest BCUT2D eigenvalue weighted by atomic mass is 16.2. The van der Waals surface area contributed by atoms with Crippen LogP contribution in [0.5, 0.6) is 0 Å². The maximum atomic E-state index is 13.7. The van der Waals surface area contributed by atoms with E-state index in [1.54, 1.807) is 0 Å². The molecule has 0 N–H and O–H groups in total. The lowest BCUT2D eigenvalue weighted by Gasteiger charge is -2.25. The first-order valence-electron chi connectivity index (χ1n) is 32.1. The van der Waals surface area contributed by atoms with Crippen LogP contribution in [-0.4, -0.2) is 23.6 Å². The van der Waals surface area contributed by atoms with Gasteiger partial charge in [0.15, 0.2) is 17.0 Å². The van der Waals surface area contributed by atoms with Crippen molar-refractivity contribution in [1.29, 1.82) is 0 Å². The van der Waals surface area contributed by atoms with E-state index in [0.29, 0.717) is 25.0 Å². The summed E-state index contributed by atoms with van der Waals surface area (Å²) in [6, 6.07) is 0. The maximum Gasteiger partial charge on any atom is 0.220 e. The molecule has 0 saturated heterocycles. The molecular weight excluding hydrogens is 857 g/mol. The van der Waals surface area contributed by atoms with E-state index in [2.05, 4.69) is 39.2 Å². The van der Waals surface area contributed by atoms with E-state index in [0.717, 1.165) is 103 Å². The minimum absolute atomic E-state index is 0.155. The molecule has 1 radical (unpaired) electrons. The van der Waals surface area contributed by atoms with Gasteiger partial charge in [0.05, 0.1) is 0 Å². The number of Topliss-reactive ketones (excluding diaryl/α,β-unsaturated/α-hetero) is 3. The van der Waals surface area contributed by atoms with Crippen molar-refractivity contribution in [3.05, 3.63) is 12.2 Å². The van der Waals surface area contributed by atoms with Gasteiger partial charge in [0, 0.05) is 25.7 Å². The molecule has 0 bridgehead atoms. The summed E-state index contributed by atoms with van der Waals surface area (Å²) >= 11 is 0. The van der Waals surface area contributed by atoms with Gasteiger partial charge in [-0.1, -0.05) is 309 Å². The zero-order chi connectivity index (χ0) is 51.0. The van der Waals surface area contributed by atoms with E-state index in [4.69, 9.17) is 0 Å². The van der Waals surface area contributed by atoms with Crippen LogP contribution in [0.2, 0.25) is 0 Å². The molecule has 1 unspecified atom stereocenters. The molecule has 0 spiro atoms. The number of ketones is 3. The molecule has 0 aromatic carbocycles. The Morgan fingerprint density at radius 3 is 0.757 bits per heavy atom. The van der Waals surface area contributed by atoms with Gasteiger partial charge in [0.25, 0.3) is 0 Å². The monoisotopic (exact) mass is 980 g/mol. The van der Waals surface area contributed by atoms with Crippen molar-refractivity contribution in [2.75, 3.05) is 0 Å². The van der Waals surface area contributed by atoms with E-state index < -0.39 is 5.41 Å². The van der Waals surface area contributed by atoms with Crippen molar-refractivity contribution in [2.45, 2.75) is 380 Å². The minimum Gasteiger partial charge on any atom is -0.300 e. The van der Waals surface area contributed by atoms with E-state index in [1.165, 1.54) is 238 Å². The predicted molar refractivity (Wildman–Crippen MR) is 308 cm³/mol. The molecule has 0 saturated carbocycles. The highest BCUT2D eigenvalue weighted by Gasteiger charge is 2.44. The van der Waals surface area contributed by atoms with Crippen LogP contribution in [-0.2, 0) is 19.2 Å². The maximum absolute atomic E-state index is 13.7. The molecule has 411 valence electrons. The molecule has 0 aliphatic carbocycles. The third kappa shape index (κ3) is 46.2. The third-order valence-electron chi connectivity index (χ3n) is 15.6. The van der Waals surface area contributed by atoms with Crippen molar-refractivity contribution in [3.8, 4) is 0 Å². The van der Waals surface area contributed by atoms with Gasteiger partial charge in [0.2, 0.25) is 6.29 Å². The van der Waals surface area contributed by atoms with Gasteiger partial charge in [0.1, 0.15) is 5.78 Å². The van der Waals surface area contributed by atoms with Gasteiger partial charge >= 0.3 is 0 Å². The minimum atomic E-state index is -1.54. The SMILES string of the molecule is CCCCCCCCCCCCCCCCCC(=O)CCCCCCCC/C=C\CCCCCCC([C]=O)(C(=O)CCCCCCCCCCCCC)C(=O)CCCCCCCCCCCCCCC. The zero-order valence-electron chi connectivity index (χ0n) is 47.9. The topological polar surface area (TPSA) is 68.3 Å². The van der Waals surface area contributed by atoms with Crippen molar-refractivity contribution in [2.24, 2.45) is 5.41 Å². The van der Waals surface area contributed by atoms with Crippen LogP contribution in [0.4, 0.5) is 0 Å². The second-order valence-electron chi connectivity index (χ2n) is 22.5. The van der Waals surface area contributed by atoms with Crippen LogP contribution >= 0.6 is 0 Å². The summed E-state index contributed by atoms with van der Waals surface area (Å²) in [7, 11) is 0. The summed E-state index contributed by atoms with van der Waals surface area (Å²) in [6.07, 6.45) is 72.8. The zero-order valence-corrected chi connectivity index (χ0v) is 47.9. The molecule has 0 heterocycles. The highest BCUT2D eigenvalue weighted by Crippen LogP contribution is 2.31. The quantitative estimate of drug-likeness (QED) is 0.0346. The second kappa shape index (κ2) is 56.7. The van der Waals surface area contributed by atoms with Crippen LogP contribution in [0.1, 0.15) is 380 Å². The van der Waals surface area contributed by atoms with Crippen LogP contribution < -0.4 is 0 Å². The fraction of sp³-hybridized carbons (Fsp3) is 0.909. The highest BCUT2D eigenvalue weighted by molar-refractivity contribution is 6.18. The lowest BCUT2D eigenvalue weighted by atomic mass is 9.73. The molecule has 0 aromatic rings. The van der Waals surface area contributed by atoms with Gasteiger partial charge in [-0.2, -0.15) is 0 Å². The number of unbranched alkanes of at least 4 members (excludes halogenated alkanes) is 46. The Bertz CT molecular complexity index is 1140. The first kappa shape index (κ1) is 68.4. The summed E-state index contributed by atoms with van der Waals surface area (Å²) in [5.41, 5.74) is -1.54. The van der Waals surface area contributed by atoms with E-state index in [1.807, 2.05) is 0 Å². The Morgan fingerprint density at radius 1 is 0.286 bits per heavy atom. The summed E-state index contributed by atoms with van der Waals surface area (Å²) in [5, 5.41) is 0. The average molecular weight is 981 g/mol. The molecule has 1 atom stereocenters. The summed E-state index contributed by atoms with van der Waals surface area (Å²) in [5.74, 6) is 0.173. The van der Waals surface area contributed by atoms with Crippen molar-refractivity contribution >= 4 is 23.6 Å². The van der Waals surface area contributed by atoms with Crippen molar-refractivity contribution < 1.29 is 19.2 Å². The number of carbonyl (C=O) groups excluding carboxylic acids is 4. The molecular formula is C66H123O4. The second-order valence-corrected chi connectivity index (χ2v) is 22.5. The molecule has 0 aromatic heterocycles. The lowest BCUT2D eigenvalue weighted by Crippen LogP contribution is -2.41. The normalized spacial score (nSPS) is 12.6. The fourth-order valence-electron chi connectivity index (χ4n) is 10.6. The van der Waals surface area contributed by atoms with Crippen LogP contribution in [0.3, 0.4) is 0 Å². The standard InChI is InChI=1S/C66H123O4/c1-4-7-10-13-16-19-22-24-25-29-33-37-42-47-52-57-63(68)58-53-48-43-38-34-30-26-27-31-36-41-46-51-56-61-66(62-67,64(69)59-54-49-44-39-32-21-18-15-12-9-6-3)65(70)60-55-50-45-40-35-28-23-20-17-14-11-8-5-2/h27,31H,4-26,28-30,32-61H2,1-3H3/b31-27-. The number of carbonyl (C=O) groups is 3. The average Bonchev–Trinajstić information content (AvgIpc) is 3.36. The molecule has 0 aliphatic heterocycles. The summed E-state index contributed by atoms with van der Waals surface area (Å²) in [6.45, 7) is 6.82. The largest absolute Gasteiger partial charge is 0.300 e. The predicted octanol–water partition coefficient (Wildman–Crippen LogP) is 22.3. The fourth-order valence-corrected chi connectivity index (χ4v) is 10.6. The Hall–Kier alpha value is -1.58. The van der Waals surface area contributed by atoms with E-state index >= 15 is 0 Å². The first-order valence-corrected chi connectivity index (χ1v) is 32.1. The number of hydrogen-bond donors (Lipinski definition) is 0. The van der Waals surface area contributed by atoms with Crippen molar-refractivity contribution in [1.82, 2.24) is 0 Å². The van der Waals surface area contributed by atoms with Gasteiger partial charge in [-0.05, 0) is 57.8 Å². The van der Waals surface area contributed by atoms with E-state index in [9.17, 15) is 19.2 Å². The van der Waals surface area contributed by atoms with Gasteiger partial charge in [-0.25, -0.2) is 0 Å². The lowest BCUT2D eigenvalue weighted by molar-refractivity contribution is -0.137. The molecule has 0 aliphatic rings. The van der Waals surface area contributed by atoms with Gasteiger partial charge in [-0.3, -0.25) is 19.2 Å². The van der Waals surface area contributed by atoms with E-state index in [-0.39, 0.29) is 11.6 Å². The third-order valence-corrected chi connectivity index (χ3v) is 15.6. The van der Waals surface area contributed by atoms with Crippen LogP contribution in [0, 0.1) is 5.41 Å². The van der Waals surface area contributed by atoms with Crippen LogP contribution in [0.25, 0.3) is 0 Å². The Balaban J connectivity index is 4.22. The number of rotatable bonds is 61. The first-order chi connectivity index (χ1) is 34.5. The smallest absolute Gasteiger partial charge is 0.220 e.